The summed E-state index contributed by atoms with van der Waals surface area (Å²) in [5.41, 5.74) is 5.19. The Morgan fingerprint density at radius 1 is 1.45 bits per heavy atom. The zero-order valence-corrected chi connectivity index (χ0v) is 13.9. The van der Waals surface area contributed by atoms with Gasteiger partial charge in [-0.1, -0.05) is 22.6 Å². The Morgan fingerprint density at radius 2 is 2.27 bits per heavy atom. The third-order valence-electron chi connectivity index (χ3n) is 4.02. The van der Waals surface area contributed by atoms with Crippen molar-refractivity contribution in [2.75, 3.05) is 30.9 Å². The lowest BCUT2D eigenvalue weighted by Gasteiger charge is -2.27. The number of hydrogen-bond acceptors (Lipinski definition) is 6. The highest BCUT2D eigenvalue weighted by Gasteiger charge is 2.19. The third-order valence-corrected chi connectivity index (χ3v) is 5.21. The average Bonchev–Trinajstić information content (AvgIpc) is 2.98. The molecule has 0 saturated heterocycles. The van der Waals surface area contributed by atoms with Crippen molar-refractivity contribution in [1.82, 2.24) is 4.98 Å². The number of nitrogens with zero attached hydrogens (tertiary/aromatic N) is 3. The first kappa shape index (κ1) is 14.8. The Bertz CT molecular complexity index is 723. The van der Waals surface area contributed by atoms with E-state index in [-0.39, 0.29) is 0 Å². The summed E-state index contributed by atoms with van der Waals surface area (Å²) in [6.07, 6.45) is 2.27. The van der Waals surface area contributed by atoms with E-state index in [0.29, 0.717) is 5.71 Å². The molecule has 1 aliphatic heterocycles. The molecule has 0 bridgehead atoms. The summed E-state index contributed by atoms with van der Waals surface area (Å²) in [4.78, 5) is 7.83. The number of thiazole rings is 1. The number of anilines is 2. The van der Waals surface area contributed by atoms with E-state index in [1.807, 2.05) is 7.05 Å². The van der Waals surface area contributed by atoms with E-state index in [1.54, 1.807) is 6.92 Å². The van der Waals surface area contributed by atoms with Crippen LogP contribution in [0.25, 0.3) is 11.3 Å². The molecular weight excluding hydrogens is 296 g/mol. The van der Waals surface area contributed by atoms with Gasteiger partial charge in [-0.3, -0.25) is 0 Å². The van der Waals surface area contributed by atoms with Crippen LogP contribution in [0, 0.1) is 0 Å². The highest BCUT2D eigenvalue weighted by Crippen LogP contribution is 2.35. The van der Waals surface area contributed by atoms with Gasteiger partial charge in [0, 0.05) is 31.9 Å². The summed E-state index contributed by atoms with van der Waals surface area (Å²) in [7, 11) is 3.98. The molecule has 0 radical (unpaired) electrons. The second-order valence-corrected chi connectivity index (χ2v) is 6.50. The van der Waals surface area contributed by atoms with E-state index in [4.69, 9.17) is 5.21 Å². The van der Waals surface area contributed by atoms with Crippen molar-refractivity contribution in [2.45, 2.75) is 19.8 Å². The highest BCUT2D eigenvalue weighted by atomic mass is 32.1. The van der Waals surface area contributed by atoms with Gasteiger partial charge >= 0.3 is 0 Å². The first-order valence-corrected chi connectivity index (χ1v) is 8.17. The molecule has 2 heterocycles. The molecule has 116 valence electrons. The number of nitrogens with one attached hydrogen (secondary N) is 1. The van der Waals surface area contributed by atoms with Crippen molar-refractivity contribution in [3.8, 4) is 11.3 Å². The van der Waals surface area contributed by atoms with Crippen LogP contribution in [-0.2, 0) is 6.42 Å². The smallest absolute Gasteiger partial charge is 0.183 e. The summed E-state index contributed by atoms with van der Waals surface area (Å²) in [6, 6.07) is 6.48. The van der Waals surface area contributed by atoms with Gasteiger partial charge in [-0.15, -0.1) is 0 Å². The van der Waals surface area contributed by atoms with Crippen molar-refractivity contribution < 1.29 is 5.21 Å². The van der Waals surface area contributed by atoms with Crippen LogP contribution in [0.2, 0.25) is 0 Å². The monoisotopic (exact) mass is 316 g/mol. The van der Waals surface area contributed by atoms with Crippen LogP contribution in [-0.4, -0.2) is 36.5 Å². The summed E-state index contributed by atoms with van der Waals surface area (Å²) < 4.78 is 0. The van der Waals surface area contributed by atoms with Gasteiger partial charge in [0.05, 0.1) is 16.3 Å². The fourth-order valence-electron chi connectivity index (χ4n) is 2.85. The maximum Gasteiger partial charge on any atom is 0.183 e. The number of benzene rings is 1. The maximum atomic E-state index is 9.11. The number of aryl methyl sites for hydroxylation is 1. The Balaban J connectivity index is 2.10. The van der Waals surface area contributed by atoms with Crippen molar-refractivity contribution in [1.29, 1.82) is 0 Å². The van der Waals surface area contributed by atoms with Gasteiger partial charge in [-0.25, -0.2) is 4.98 Å². The molecular formula is C16H20N4OS. The van der Waals surface area contributed by atoms with E-state index in [0.717, 1.165) is 34.2 Å². The Morgan fingerprint density at radius 3 is 3.00 bits per heavy atom. The van der Waals surface area contributed by atoms with Gasteiger partial charge < -0.3 is 15.4 Å². The molecule has 22 heavy (non-hydrogen) atoms. The maximum absolute atomic E-state index is 9.11. The van der Waals surface area contributed by atoms with Crippen molar-refractivity contribution in [2.24, 2.45) is 5.16 Å². The molecule has 0 unspecified atom stereocenters. The predicted octanol–water partition coefficient (Wildman–Crippen LogP) is 3.43. The molecule has 0 saturated carbocycles. The first-order chi connectivity index (χ1) is 10.6. The molecule has 5 nitrogen and oxygen atoms in total. The normalized spacial score (nSPS) is 14.9. The SMILES string of the molecule is CNc1nc(-c2ccc3c(c2)CCCN3C)c(/C(C)=N/O)s1. The van der Waals surface area contributed by atoms with Gasteiger partial charge in [0.1, 0.15) is 0 Å². The van der Waals surface area contributed by atoms with Crippen LogP contribution in [0.4, 0.5) is 10.8 Å². The quantitative estimate of drug-likeness (QED) is 0.517. The lowest BCUT2D eigenvalue weighted by Crippen LogP contribution is -2.24. The first-order valence-electron chi connectivity index (χ1n) is 7.36. The topological polar surface area (TPSA) is 60.8 Å². The molecule has 1 aromatic heterocycles. The van der Waals surface area contributed by atoms with Crippen LogP contribution >= 0.6 is 11.3 Å². The molecule has 3 rings (SSSR count). The number of hydrogen-bond donors (Lipinski definition) is 2. The van der Waals surface area contributed by atoms with Crippen molar-refractivity contribution in [3.05, 3.63) is 28.6 Å². The largest absolute Gasteiger partial charge is 0.411 e. The van der Waals surface area contributed by atoms with Crippen LogP contribution in [0.5, 0.6) is 0 Å². The Labute approximate surface area is 134 Å². The van der Waals surface area contributed by atoms with Gasteiger partial charge in [0.25, 0.3) is 0 Å². The standard InChI is InChI=1S/C16H20N4OS/c1-10(19-21)15-14(18-16(17-2)22-15)12-6-7-13-11(9-12)5-4-8-20(13)3/h6-7,9,21H,4-5,8H2,1-3H3,(H,17,18)/b19-10+. The minimum absolute atomic E-state index is 0.587. The second-order valence-electron chi connectivity index (χ2n) is 5.50. The van der Waals surface area contributed by atoms with Gasteiger partial charge in [0.15, 0.2) is 5.13 Å². The molecule has 1 aliphatic rings. The van der Waals surface area contributed by atoms with Gasteiger partial charge in [0.2, 0.25) is 0 Å². The molecule has 0 fully saturated rings. The summed E-state index contributed by atoms with van der Waals surface area (Å²) >= 11 is 1.50. The molecule has 0 atom stereocenters. The molecule has 2 aromatic rings. The minimum atomic E-state index is 0.587. The number of aromatic nitrogens is 1. The van der Waals surface area contributed by atoms with E-state index < -0.39 is 0 Å². The fourth-order valence-corrected chi connectivity index (χ4v) is 3.73. The van der Waals surface area contributed by atoms with Crippen LogP contribution < -0.4 is 10.2 Å². The Hall–Kier alpha value is -2.08. The van der Waals surface area contributed by atoms with Gasteiger partial charge in [-0.05, 0) is 37.5 Å². The van der Waals surface area contributed by atoms with Crippen molar-refractivity contribution >= 4 is 27.9 Å². The zero-order chi connectivity index (χ0) is 15.7. The number of fused-ring (bicyclic) bond motifs is 1. The van der Waals surface area contributed by atoms with Crippen molar-refractivity contribution in [3.63, 3.8) is 0 Å². The highest BCUT2D eigenvalue weighted by molar-refractivity contribution is 7.18. The number of rotatable bonds is 3. The predicted molar refractivity (Wildman–Crippen MR) is 92.7 cm³/mol. The fraction of sp³-hybridized carbons (Fsp3) is 0.375. The van der Waals surface area contributed by atoms with E-state index >= 15 is 0 Å². The van der Waals surface area contributed by atoms with Crippen LogP contribution in [0.1, 0.15) is 23.8 Å². The van der Waals surface area contributed by atoms with E-state index in [1.165, 1.54) is 29.0 Å². The molecule has 1 aromatic carbocycles. The molecule has 0 amide bonds. The summed E-state index contributed by atoms with van der Waals surface area (Å²) in [5.74, 6) is 0. The third kappa shape index (κ3) is 2.54. The van der Waals surface area contributed by atoms with Crippen LogP contribution in [0.15, 0.2) is 23.4 Å². The summed E-state index contributed by atoms with van der Waals surface area (Å²) in [6.45, 7) is 2.90. The minimum Gasteiger partial charge on any atom is -0.411 e. The van der Waals surface area contributed by atoms with E-state index in [9.17, 15) is 0 Å². The number of oxime groups is 1. The molecule has 6 heteroatoms. The molecule has 0 spiro atoms. The summed E-state index contributed by atoms with van der Waals surface area (Å²) in [5, 5.41) is 16.3. The Kier molecular flexibility index (Phi) is 4.02. The molecule has 2 N–H and O–H groups in total. The zero-order valence-electron chi connectivity index (χ0n) is 13.1. The van der Waals surface area contributed by atoms with E-state index in [2.05, 4.69) is 45.6 Å². The lowest BCUT2D eigenvalue weighted by molar-refractivity contribution is 0.319. The second kappa shape index (κ2) is 5.96. The van der Waals surface area contributed by atoms with Crippen LogP contribution in [0.3, 0.4) is 0 Å². The molecule has 0 aliphatic carbocycles. The average molecular weight is 316 g/mol. The lowest BCUT2D eigenvalue weighted by atomic mass is 9.98. The van der Waals surface area contributed by atoms with Gasteiger partial charge in [-0.2, -0.15) is 0 Å².